The molecular formula is C18H15NO4S. The summed E-state index contributed by atoms with van der Waals surface area (Å²) in [5, 5.41) is 2.94. The molecule has 0 N–H and O–H groups in total. The second kappa shape index (κ2) is 6.41. The van der Waals surface area contributed by atoms with Crippen molar-refractivity contribution in [3.63, 3.8) is 0 Å². The summed E-state index contributed by atoms with van der Waals surface area (Å²) < 4.78 is 21.7. The Morgan fingerprint density at radius 3 is 2.92 bits per heavy atom. The first kappa shape index (κ1) is 14.8. The summed E-state index contributed by atoms with van der Waals surface area (Å²) in [6, 6.07) is 13.4. The van der Waals surface area contributed by atoms with Crippen molar-refractivity contribution in [3.05, 3.63) is 53.5 Å². The topological polar surface area (TPSA) is 49.8 Å². The molecule has 0 amide bonds. The fourth-order valence-electron chi connectivity index (χ4n) is 2.39. The van der Waals surface area contributed by atoms with E-state index in [1.165, 1.54) is 0 Å². The van der Waals surface area contributed by atoms with Crippen LogP contribution in [0.3, 0.4) is 0 Å². The van der Waals surface area contributed by atoms with Gasteiger partial charge in [0.2, 0.25) is 6.79 Å². The summed E-state index contributed by atoms with van der Waals surface area (Å²) in [5.74, 6) is 3.01. The quantitative estimate of drug-likeness (QED) is 0.698. The Hall–Kier alpha value is -2.73. The SMILES string of the molecule is COc1cccc(-c2nc(COc3ccc4c(c3)OCO4)cs2)c1. The van der Waals surface area contributed by atoms with Gasteiger partial charge in [-0.05, 0) is 24.3 Å². The summed E-state index contributed by atoms with van der Waals surface area (Å²) >= 11 is 1.59. The largest absolute Gasteiger partial charge is 0.497 e. The number of thiazole rings is 1. The summed E-state index contributed by atoms with van der Waals surface area (Å²) in [6.45, 7) is 0.662. The molecule has 1 aliphatic rings. The van der Waals surface area contributed by atoms with Crippen LogP contribution in [0.5, 0.6) is 23.0 Å². The van der Waals surface area contributed by atoms with Crippen LogP contribution in [0, 0.1) is 0 Å². The Morgan fingerprint density at radius 1 is 1.08 bits per heavy atom. The summed E-state index contributed by atoms with van der Waals surface area (Å²) in [6.07, 6.45) is 0. The molecule has 2 heterocycles. The van der Waals surface area contributed by atoms with E-state index in [-0.39, 0.29) is 6.79 Å². The second-order valence-electron chi connectivity index (χ2n) is 5.18. The number of ether oxygens (including phenoxy) is 4. The van der Waals surface area contributed by atoms with Gasteiger partial charge in [-0.3, -0.25) is 0 Å². The zero-order valence-electron chi connectivity index (χ0n) is 13.0. The maximum absolute atomic E-state index is 5.80. The van der Waals surface area contributed by atoms with Crippen LogP contribution in [0.15, 0.2) is 47.8 Å². The lowest BCUT2D eigenvalue weighted by molar-refractivity contribution is 0.173. The average Bonchev–Trinajstić information content (AvgIpc) is 3.28. The molecule has 0 atom stereocenters. The van der Waals surface area contributed by atoms with E-state index in [0.717, 1.165) is 33.5 Å². The molecule has 0 fully saturated rings. The third kappa shape index (κ3) is 3.00. The van der Waals surface area contributed by atoms with E-state index >= 15 is 0 Å². The lowest BCUT2D eigenvalue weighted by Gasteiger charge is -2.05. The first-order valence-corrected chi connectivity index (χ1v) is 8.31. The van der Waals surface area contributed by atoms with Crippen LogP contribution >= 0.6 is 11.3 Å². The third-order valence-corrected chi connectivity index (χ3v) is 4.54. The number of nitrogens with zero attached hydrogens (tertiary/aromatic N) is 1. The summed E-state index contributed by atoms with van der Waals surface area (Å²) in [5.41, 5.74) is 1.92. The molecule has 122 valence electrons. The van der Waals surface area contributed by atoms with Gasteiger partial charge in [0.1, 0.15) is 23.1 Å². The molecule has 5 nitrogen and oxygen atoms in total. The maximum Gasteiger partial charge on any atom is 0.231 e. The summed E-state index contributed by atoms with van der Waals surface area (Å²) in [7, 11) is 1.66. The van der Waals surface area contributed by atoms with Crippen molar-refractivity contribution in [2.24, 2.45) is 0 Å². The van der Waals surface area contributed by atoms with E-state index in [4.69, 9.17) is 18.9 Å². The van der Waals surface area contributed by atoms with Gasteiger partial charge < -0.3 is 18.9 Å². The van der Waals surface area contributed by atoms with E-state index in [0.29, 0.717) is 12.4 Å². The van der Waals surface area contributed by atoms with Crippen molar-refractivity contribution in [3.8, 4) is 33.6 Å². The van der Waals surface area contributed by atoms with E-state index < -0.39 is 0 Å². The van der Waals surface area contributed by atoms with Crippen molar-refractivity contribution in [1.82, 2.24) is 4.98 Å². The maximum atomic E-state index is 5.80. The first-order valence-electron chi connectivity index (χ1n) is 7.43. The van der Waals surface area contributed by atoms with Crippen LogP contribution in [0.1, 0.15) is 5.69 Å². The van der Waals surface area contributed by atoms with Crippen LogP contribution in [0.4, 0.5) is 0 Å². The van der Waals surface area contributed by atoms with Gasteiger partial charge in [0.15, 0.2) is 11.5 Å². The highest BCUT2D eigenvalue weighted by Crippen LogP contribution is 2.35. The second-order valence-corrected chi connectivity index (χ2v) is 6.04. The predicted molar refractivity (Wildman–Crippen MR) is 91.0 cm³/mol. The number of hydrogen-bond acceptors (Lipinski definition) is 6. The van der Waals surface area contributed by atoms with Gasteiger partial charge >= 0.3 is 0 Å². The van der Waals surface area contributed by atoms with E-state index in [1.807, 2.05) is 47.8 Å². The minimum Gasteiger partial charge on any atom is -0.497 e. The van der Waals surface area contributed by atoms with Gasteiger partial charge in [-0.15, -0.1) is 11.3 Å². The highest BCUT2D eigenvalue weighted by atomic mass is 32.1. The van der Waals surface area contributed by atoms with E-state index in [2.05, 4.69) is 4.98 Å². The van der Waals surface area contributed by atoms with Gasteiger partial charge in [0.25, 0.3) is 0 Å². The smallest absolute Gasteiger partial charge is 0.231 e. The molecule has 4 rings (SSSR count). The molecule has 1 aliphatic heterocycles. The molecule has 0 spiro atoms. The highest BCUT2D eigenvalue weighted by molar-refractivity contribution is 7.13. The third-order valence-electron chi connectivity index (χ3n) is 3.60. The number of fused-ring (bicyclic) bond motifs is 1. The van der Waals surface area contributed by atoms with Crippen molar-refractivity contribution in [2.45, 2.75) is 6.61 Å². The normalized spacial score (nSPS) is 12.2. The van der Waals surface area contributed by atoms with Crippen molar-refractivity contribution >= 4 is 11.3 Å². The van der Waals surface area contributed by atoms with Crippen LogP contribution in [0.25, 0.3) is 10.6 Å². The highest BCUT2D eigenvalue weighted by Gasteiger charge is 2.14. The van der Waals surface area contributed by atoms with Crippen LogP contribution in [0.2, 0.25) is 0 Å². The molecule has 0 saturated carbocycles. The number of aromatic nitrogens is 1. The monoisotopic (exact) mass is 341 g/mol. The number of hydrogen-bond donors (Lipinski definition) is 0. The standard InChI is InChI=1S/C18H15NO4S/c1-20-14-4-2-3-12(7-14)18-19-13(10-24-18)9-21-15-5-6-16-17(8-15)23-11-22-16/h2-8,10H,9,11H2,1H3. The van der Waals surface area contributed by atoms with Crippen LogP contribution in [-0.2, 0) is 6.61 Å². The molecule has 6 heteroatoms. The number of rotatable bonds is 5. The van der Waals surface area contributed by atoms with Crippen molar-refractivity contribution in [1.29, 1.82) is 0 Å². The average molecular weight is 341 g/mol. The van der Waals surface area contributed by atoms with Gasteiger partial charge in [0, 0.05) is 17.0 Å². The first-order chi connectivity index (χ1) is 11.8. The molecule has 0 radical (unpaired) electrons. The lowest BCUT2D eigenvalue weighted by atomic mass is 10.2. The minimum atomic E-state index is 0.259. The lowest BCUT2D eigenvalue weighted by Crippen LogP contribution is -1.96. The Kier molecular flexibility index (Phi) is 3.96. The van der Waals surface area contributed by atoms with Gasteiger partial charge in [0.05, 0.1) is 12.8 Å². The summed E-state index contributed by atoms with van der Waals surface area (Å²) in [4.78, 5) is 4.63. The van der Waals surface area contributed by atoms with Crippen LogP contribution < -0.4 is 18.9 Å². The van der Waals surface area contributed by atoms with E-state index in [9.17, 15) is 0 Å². The van der Waals surface area contributed by atoms with Gasteiger partial charge in [-0.25, -0.2) is 4.98 Å². The molecule has 24 heavy (non-hydrogen) atoms. The molecular weight excluding hydrogens is 326 g/mol. The van der Waals surface area contributed by atoms with Gasteiger partial charge in [-0.1, -0.05) is 12.1 Å². The molecule has 1 aromatic heterocycles. The zero-order valence-corrected chi connectivity index (χ0v) is 13.8. The predicted octanol–water partition coefficient (Wildman–Crippen LogP) is 4.13. The fraction of sp³-hybridized carbons (Fsp3) is 0.167. The Morgan fingerprint density at radius 2 is 2.00 bits per heavy atom. The number of methoxy groups -OCH3 is 1. The molecule has 0 aliphatic carbocycles. The van der Waals surface area contributed by atoms with Gasteiger partial charge in [-0.2, -0.15) is 0 Å². The molecule has 3 aromatic rings. The molecule has 2 aromatic carbocycles. The zero-order chi connectivity index (χ0) is 16.4. The molecule has 0 saturated heterocycles. The van der Waals surface area contributed by atoms with Crippen molar-refractivity contribution < 1.29 is 18.9 Å². The minimum absolute atomic E-state index is 0.259. The number of benzene rings is 2. The Bertz CT molecular complexity index is 862. The van der Waals surface area contributed by atoms with E-state index in [1.54, 1.807) is 18.4 Å². The van der Waals surface area contributed by atoms with Crippen LogP contribution in [-0.4, -0.2) is 18.9 Å². The molecule has 0 bridgehead atoms. The Balaban J connectivity index is 1.45. The molecule has 0 unspecified atom stereocenters. The fourth-order valence-corrected chi connectivity index (χ4v) is 3.19. The Labute approximate surface area is 143 Å². The van der Waals surface area contributed by atoms with Crippen molar-refractivity contribution in [2.75, 3.05) is 13.9 Å².